The lowest BCUT2D eigenvalue weighted by Crippen LogP contribution is -2.63. The number of hydrogen-bond acceptors (Lipinski definition) is 9. The smallest absolute Gasteiger partial charge is 0.327 e. The molecule has 4 rings (SSSR count). The van der Waals surface area contributed by atoms with Gasteiger partial charge < -0.3 is 10.6 Å². The van der Waals surface area contributed by atoms with Gasteiger partial charge in [-0.05, 0) is 120 Å². The Balaban J connectivity index is 1.28. The maximum absolute atomic E-state index is 13.5. The van der Waals surface area contributed by atoms with Gasteiger partial charge in [-0.1, -0.05) is 45.6 Å². The van der Waals surface area contributed by atoms with E-state index >= 15 is 0 Å². The normalized spacial score (nSPS) is 15.9. The van der Waals surface area contributed by atoms with E-state index in [1.807, 2.05) is 17.0 Å². The summed E-state index contributed by atoms with van der Waals surface area (Å²) in [5, 5.41) is 6.38. The highest BCUT2D eigenvalue weighted by molar-refractivity contribution is 7.92. The summed E-state index contributed by atoms with van der Waals surface area (Å²) in [7, 11) is -4.04. The van der Waals surface area contributed by atoms with Gasteiger partial charge in [0, 0.05) is 34.9 Å². The van der Waals surface area contributed by atoms with Crippen LogP contribution >= 0.6 is 0 Å². The lowest BCUT2D eigenvalue weighted by molar-refractivity contribution is -0.692. The van der Waals surface area contributed by atoms with Crippen molar-refractivity contribution in [1.29, 1.82) is 0 Å². The number of benzene rings is 2. The lowest BCUT2D eigenvalue weighted by Gasteiger charge is -2.46. The van der Waals surface area contributed by atoms with Crippen LogP contribution in [0.3, 0.4) is 0 Å². The van der Waals surface area contributed by atoms with E-state index in [1.54, 1.807) is 32.0 Å². The van der Waals surface area contributed by atoms with Gasteiger partial charge in [0.05, 0.1) is 16.3 Å². The predicted octanol–water partition coefficient (Wildman–Crippen LogP) is 6.43. The van der Waals surface area contributed by atoms with Gasteiger partial charge in [-0.2, -0.15) is 4.28 Å². The van der Waals surface area contributed by atoms with Crippen molar-refractivity contribution in [3.8, 4) is 0 Å². The molecule has 0 bridgehead atoms. The second kappa shape index (κ2) is 19.9. The lowest BCUT2D eigenvalue weighted by atomic mass is 9.79. The molecular formula is C41H62N7O6S2+. The third-order valence-corrected chi connectivity index (χ3v) is 12.4. The van der Waals surface area contributed by atoms with Crippen molar-refractivity contribution in [2.45, 2.75) is 141 Å². The van der Waals surface area contributed by atoms with E-state index in [-0.39, 0.29) is 33.5 Å². The molecule has 0 radical (unpaired) electrons. The molecule has 1 unspecified atom stereocenters. The maximum Gasteiger partial charge on any atom is 0.327 e. The van der Waals surface area contributed by atoms with Gasteiger partial charge in [0.2, 0.25) is 0 Å². The number of carbonyl (C=O) groups excluding carboxylic acids is 2. The number of sulfonamides is 1. The summed E-state index contributed by atoms with van der Waals surface area (Å²) < 4.78 is 49.9. The Kier molecular flexibility index (Phi) is 15.9. The highest BCUT2D eigenvalue weighted by atomic mass is 32.2. The Morgan fingerprint density at radius 3 is 2.07 bits per heavy atom. The van der Waals surface area contributed by atoms with Gasteiger partial charge in [-0.3, -0.25) is 30.6 Å². The summed E-state index contributed by atoms with van der Waals surface area (Å²) in [5.41, 5.74) is 11.1. The van der Waals surface area contributed by atoms with Gasteiger partial charge in [-0.15, -0.1) is 0 Å². The first-order chi connectivity index (χ1) is 26.4. The molecule has 0 spiro atoms. The quantitative estimate of drug-likeness (QED) is 0.0454. The van der Waals surface area contributed by atoms with Gasteiger partial charge in [0.15, 0.2) is 30.0 Å². The second-order valence-electron chi connectivity index (χ2n) is 16.2. The van der Waals surface area contributed by atoms with E-state index in [1.165, 1.54) is 62.3 Å². The molecule has 1 atom stereocenters. The number of anilines is 3. The molecule has 308 valence electrons. The van der Waals surface area contributed by atoms with Crippen LogP contribution in [0.15, 0.2) is 65.8 Å². The minimum absolute atomic E-state index is 0.0211. The van der Waals surface area contributed by atoms with Gasteiger partial charge in [0.25, 0.3) is 10.0 Å². The molecule has 2 aromatic carbocycles. The zero-order valence-electron chi connectivity index (χ0n) is 34.2. The molecule has 0 saturated carbocycles. The molecule has 1 aliphatic rings. The second-order valence-corrected chi connectivity index (χ2v) is 19.0. The van der Waals surface area contributed by atoms with Crippen LogP contribution in [0.25, 0.3) is 0 Å². The van der Waals surface area contributed by atoms with Crippen LogP contribution < -0.4 is 36.3 Å². The van der Waals surface area contributed by atoms with E-state index in [9.17, 15) is 22.2 Å². The fourth-order valence-electron chi connectivity index (χ4n) is 7.55. The molecule has 2 amide bonds. The molecule has 6 N–H and O–H groups in total. The first-order valence-corrected chi connectivity index (χ1v) is 22.3. The Labute approximate surface area is 336 Å². The summed E-state index contributed by atoms with van der Waals surface area (Å²) in [6.45, 7) is 16.7. The van der Waals surface area contributed by atoms with Crippen LogP contribution in [0.2, 0.25) is 0 Å². The SMILES string of the molecule is CCCCC(CCCC)c1cc[n+](CCS(=O)ONc2c(C)ccc(S(=O)(=O)Nc3ccc(NNC(=O)C(=O)NC4CC(C)(C)NC(C)(C)C4)cc3)c2C)cc1. The molecule has 1 aliphatic heterocycles. The molecule has 0 aliphatic carbocycles. The first-order valence-electron chi connectivity index (χ1n) is 19.6. The first kappa shape index (κ1) is 44.7. The third-order valence-electron chi connectivity index (χ3n) is 10.1. The van der Waals surface area contributed by atoms with Crippen LogP contribution in [0.5, 0.6) is 0 Å². The number of pyridine rings is 1. The number of hydrazine groups is 1. The summed E-state index contributed by atoms with van der Waals surface area (Å²) in [4.78, 5) is 25.2. The van der Waals surface area contributed by atoms with Crippen LogP contribution in [-0.4, -0.2) is 47.3 Å². The fraction of sp³-hybridized carbons (Fsp3) is 0.537. The van der Waals surface area contributed by atoms with E-state index < -0.39 is 32.9 Å². The van der Waals surface area contributed by atoms with Gasteiger partial charge in [-0.25, -0.2) is 17.2 Å². The van der Waals surface area contributed by atoms with Crippen LogP contribution in [0.1, 0.15) is 116 Å². The van der Waals surface area contributed by atoms with Crippen molar-refractivity contribution in [1.82, 2.24) is 16.1 Å². The van der Waals surface area contributed by atoms with E-state index in [0.29, 0.717) is 42.2 Å². The van der Waals surface area contributed by atoms with Crippen molar-refractivity contribution in [3.05, 3.63) is 77.6 Å². The van der Waals surface area contributed by atoms with Crippen molar-refractivity contribution in [2.24, 2.45) is 0 Å². The standard InChI is InChI=1S/C41H61N7O6S2/c1-9-11-13-31(14-12-10-2)32-21-23-48(24-22-32)25-26-55(51)54-45-37-29(3)15-20-36(30(37)4)56(52,53)46-34-18-16-33(17-19-34)43-44-39(50)38(49)42-35-27-40(5,6)47-41(7,8)28-35/h15-24,31,35,45,47H,9-14,25-28H2,1-8H3,(H3-,42,43,44,46,49,50)/p+1. The Morgan fingerprint density at radius 1 is 0.893 bits per heavy atom. The highest BCUT2D eigenvalue weighted by Crippen LogP contribution is 2.30. The summed E-state index contributed by atoms with van der Waals surface area (Å²) in [6, 6.07) is 13.5. The molecule has 1 saturated heterocycles. The number of hydrogen-bond donors (Lipinski definition) is 6. The van der Waals surface area contributed by atoms with E-state index in [4.69, 9.17) is 4.28 Å². The summed E-state index contributed by atoms with van der Waals surface area (Å²) >= 11 is -1.69. The molecule has 13 nitrogen and oxygen atoms in total. The molecule has 2 heterocycles. The molecule has 1 aromatic heterocycles. The van der Waals surface area contributed by atoms with Crippen molar-refractivity contribution < 1.29 is 31.1 Å². The van der Waals surface area contributed by atoms with Gasteiger partial charge in [0.1, 0.15) is 5.75 Å². The zero-order valence-corrected chi connectivity index (χ0v) is 35.8. The van der Waals surface area contributed by atoms with Crippen LogP contribution in [0.4, 0.5) is 17.1 Å². The third kappa shape index (κ3) is 13.3. The Hall–Kier alpha value is -4.05. The largest absolute Gasteiger partial charge is 0.345 e. The van der Waals surface area contributed by atoms with Crippen LogP contribution in [0, 0.1) is 13.8 Å². The number of nitrogens with one attached hydrogen (secondary N) is 6. The number of unbranched alkanes of at least 4 members (excludes halogenated alkanes) is 2. The summed E-state index contributed by atoms with van der Waals surface area (Å²) in [6.07, 6.45) is 12.6. The fourth-order valence-corrected chi connectivity index (χ4v) is 9.48. The Bertz CT molecular complexity index is 1900. The van der Waals surface area contributed by atoms with Crippen LogP contribution in [-0.2, 0) is 41.5 Å². The average molecular weight is 813 g/mol. The predicted molar refractivity (Wildman–Crippen MR) is 224 cm³/mol. The summed E-state index contributed by atoms with van der Waals surface area (Å²) in [5.74, 6) is -0.786. The molecule has 3 aromatic rings. The number of piperidine rings is 1. The number of aryl methyl sites for hydroxylation is 2. The number of nitrogens with zero attached hydrogens (tertiary/aromatic N) is 1. The minimum atomic E-state index is -4.04. The number of carbonyl (C=O) groups is 2. The maximum atomic E-state index is 13.5. The number of rotatable bonds is 19. The monoisotopic (exact) mass is 812 g/mol. The number of amides is 2. The number of aromatic nitrogens is 1. The molecular weight excluding hydrogens is 751 g/mol. The van der Waals surface area contributed by atoms with E-state index in [2.05, 4.69) is 85.4 Å². The highest BCUT2D eigenvalue weighted by Gasteiger charge is 2.38. The van der Waals surface area contributed by atoms with Crippen molar-refractivity contribution >= 4 is 50.0 Å². The molecule has 56 heavy (non-hydrogen) atoms. The van der Waals surface area contributed by atoms with Crippen molar-refractivity contribution in [2.75, 3.05) is 21.4 Å². The zero-order chi connectivity index (χ0) is 41.1. The Morgan fingerprint density at radius 2 is 1.48 bits per heavy atom. The van der Waals surface area contributed by atoms with Crippen molar-refractivity contribution in [3.63, 3.8) is 0 Å². The molecule has 15 heteroatoms. The minimum Gasteiger partial charge on any atom is -0.345 e. The average Bonchev–Trinajstić information content (AvgIpc) is 3.12. The van der Waals surface area contributed by atoms with E-state index in [0.717, 1.165) is 5.56 Å². The molecule has 1 fully saturated rings. The van der Waals surface area contributed by atoms with Gasteiger partial charge >= 0.3 is 11.8 Å². The topological polar surface area (TPSA) is 171 Å².